The van der Waals surface area contributed by atoms with E-state index in [-0.39, 0.29) is 0 Å². The molecule has 89 heavy (non-hydrogen) atoms. The van der Waals surface area contributed by atoms with E-state index in [0.29, 0.717) is 28.5 Å². The summed E-state index contributed by atoms with van der Waals surface area (Å²) in [5, 5.41) is 0. The third-order valence-corrected chi connectivity index (χ3v) is 4.72. The maximum absolute atomic E-state index is 13.6. The van der Waals surface area contributed by atoms with Crippen LogP contribution in [0.3, 0.4) is 0 Å². The standard InChI is InChI=1S/C11H7F17O2.C5H6F6.C4H4F6.6C3H8.7C2H6.3CH3F/c1-5(12,10(24,25)26)30-4(9(21,22)23)7(16,17)11(27,28)29-3(8(18,19)20)2-6(13,14)15;1-3(5(9,10)11)2-4(6,7)8;5-3(6,7)1-2-4(8,9)10;6*1-3-2;10*1-2/h3-4H,2H2,1H3;3H,2H2,1H3;1-2H2;6*3H2,1-2H3;7*1-2H3;3*1H3. The van der Waals surface area contributed by atoms with Gasteiger partial charge in [0.05, 0.1) is 53.1 Å². The molecule has 572 valence electrons. The fourth-order valence-electron chi connectivity index (χ4n) is 2.23. The van der Waals surface area contributed by atoms with E-state index in [1.807, 2.05) is 96.9 Å². The van der Waals surface area contributed by atoms with Crippen LogP contribution in [0.1, 0.15) is 258 Å². The first-order valence-corrected chi connectivity index (χ1v) is 28.4. The highest BCUT2D eigenvalue weighted by Crippen LogP contribution is 2.50. The van der Waals surface area contributed by atoms with Crippen molar-refractivity contribution < 1.29 is 150 Å². The van der Waals surface area contributed by atoms with Crippen LogP contribution in [0.25, 0.3) is 0 Å². The molecule has 0 bridgehead atoms. The molecule has 0 aromatic heterocycles. The number of alkyl halides is 32. The fourth-order valence-corrected chi connectivity index (χ4v) is 2.23. The van der Waals surface area contributed by atoms with Crippen molar-refractivity contribution in [2.24, 2.45) is 5.92 Å². The maximum Gasteiger partial charge on any atom is 0.448 e. The minimum absolute atomic E-state index is 0.500. The lowest BCUT2D eigenvalue weighted by Crippen LogP contribution is -2.62. The van der Waals surface area contributed by atoms with Gasteiger partial charge in [0, 0.05) is 6.92 Å². The summed E-state index contributed by atoms with van der Waals surface area (Å²) in [6, 6.07) is 0. The highest BCUT2D eigenvalue weighted by molar-refractivity contribution is 4.94. The summed E-state index contributed by atoms with van der Waals surface area (Å²) < 4.78 is 383. The zero-order chi connectivity index (χ0) is 78.7. The molecule has 0 rings (SSSR count). The fraction of sp³-hybridized carbons (Fsp3) is 1.00. The average molecular weight is 1420 g/mol. The Morgan fingerprint density at radius 1 is 0.281 bits per heavy atom. The molecule has 0 aromatic rings. The molecular formula is C55H116F32O2. The molecule has 0 saturated carbocycles. The van der Waals surface area contributed by atoms with Crippen LogP contribution in [-0.4, -0.2) is 101 Å². The van der Waals surface area contributed by atoms with E-state index in [2.05, 4.69) is 92.6 Å². The Balaban J connectivity index is -0.0000000407. The van der Waals surface area contributed by atoms with Crippen LogP contribution in [0.4, 0.5) is 140 Å². The minimum Gasteiger partial charge on any atom is -0.319 e. The minimum atomic E-state index is -7.26. The Bertz CT molecular complexity index is 1100. The first-order valence-electron chi connectivity index (χ1n) is 28.4. The highest BCUT2D eigenvalue weighted by atomic mass is 19.4. The zero-order valence-corrected chi connectivity index (χ0v) is 58.2. The molecule has 0 aliphatic carbocycles. The molecular weight excluding hydrogens is 1300 g/mol. The number of halogens is 32. The van der Waals surface area contributed by atoms with Gasteiger partial charge < -0.3 is 9.47 Å². The van der Waals surface area contributed by atoms with Crippen LogP contribution < -0.4 is 0 Å². The van der Waals surface area contributed by atoms with E-state index in [0.717, 1.165) is 0 Å². The van der Waals surface area contributed by atoms with Crippen LogP contribution in [0.5, 0.6) is 0 Å². The molecule has 0 amide bonds. The highest BCUT2D eigenvalue weighted by Gasteiger charge is 2.75. The average Bonchev–Trinajstić information content (AvgIpc) is 3.40. The first kappa shape index (κ1) is 139. The molecule has 4 unspecified atom stereocenters. The second kappa shape index (κ2) is 85.7. The van der Waals surface area contributed by atoms with Crippen LogP contribution in [-0.2, 0) is 9.47 Å². The third-order valence-electron chi connectivity index (χ3n) is 4.72. The van der Waals surface area contributed by atoms with E-state index in [1.165, 1.54) is 38.5 Å². The van der Waals surface area contributed by atoms with Crippen molar-refractivity contribution in [3.63, 3.8) is 0 Å². The number of ether oxygens (including phenoxy) is 2. The maximum atomic E-state index is 13.6. The monoisotopic (exact) mass is 1420 g/mol. The Morgan fingerprint density at radius 3 is 0.584 bits per heavy atom. The number of rotatable bonds is 9. The third kappa shape index (κ3) is 135. The van der Waals surface area contributed by atoms with Crippen molar-refractivity contribution in [1.82, 2.24) is 0 Å². The molecule has 34 heteroatoms. The summed E-state index contributed by atoms with van der Waals surface area (Å²) in [7, 11) is 1.50. The Labute approximate surface area is 514 Å². The van der Waals surface area contributed by atoms with Crippen LogP contribution >= 0.6 is 0 Å². The van der Waals surface area contributed by atoms with Crippen LogP contribution in [0.15, 0.2) is 0 Å². The van der Waals surface area contributed by atoms with Crippen molar-refractivity contribution in [1.29, 1.82) is 0 Å². The topological polar surface area (TPSA) is 18.5 Å². The zero-order valence-electron chi connectivity index (χ0n) is 58.2. The molecule has 0 spiro atoms. The predicted octanol–water partition coefficient (Wildman–Crippen LogP) is 29.8. The molecule has 2 nitrogen and oxygen atoms in total. The lowest BCUT2D eigenvalue weighted by Gasteiger charge is -2.38. The smallest absolute Gasteiger partial charge is 0.319 e. The second-order valence-electron chi connectivity index (χ2n) is 13.8. The summed E-state index contributed by atoms with van der Waals surface area (Å²) in [5.74, 6) is -15.3. The van der Waals surface area contributed by atoms with Crippen molar-refractivity contribution in [2.75, 3.05) is 21.5 Å². The van der Waals surface area contributed by atoms with E-state index in [9.17, 15) is 140 Å². The SMILES string of the molecule is CC.CC.CC.CC.CC.CC.CC.CC(CC(F)(F)F)C(F)(F)F.CC(F)(OC(C(F)(F)F)C(F)(F)C(F)(F)OC(CC(F)(F)F)C(F)(F)F)C(F)(F)F.CCC.CCC.CCC.CCC.CCC.CCC.CF.CF.CF.FC(F)(F)CCC(F)(F)F. The Kier molecular flexibility index (Phi) is 134. The molecule has 0 fully saturated rings. The lowest BCUT2D eigenvalue weighted by atomic mass is 10.1. The predicted molar refractivity (Wildman–Crippen MR) is 302 cm³/mol. The van der Waals surface area contributed by atoms with Gasteiger partial charge >= 0.3 is 67.3 Å². The summed E-state index contributed by atoms with van der Waals surface area (Å²) in [5.41, 5.74) is 0. The summed E-state index contributed by atoms with van der Waals surface area (Å²) in [6.45, 7) is 53.0. The van der Waals surface area contributed by atoms with Crippen LogP contribution in [0.2, 0.25) is 0 Å². The van der Waals surface area contributed by atoms with E-state index >= 15 is 0 Å². The summed E-state index contributed by atoms with van der Waals surface area (Å²) in [6.07, 6.45) is -64.1. The van der Waals surface area contributed by atoms with Gasteiger partial charge in [-0.2, -0.15) is 123 Å². The van der Waals surface area contributed by atoms with Crippen LogP contribution in [0, 0.1) is 5.92 Å². The molecule has 4 atom stereocenters. The van der Waals surface area contributed by atoms with Crippen molar-refractivity contribution in [3.05, 3.63) is 0 Å². The number of hydrogen-bond acceptors (Lipinski definition) is 2. The molecule has 0 saturated heterocycles. The molecule has 0 aliphatic rings. The molecule has 0 aliphatic heterocycles. The van der Waals surface area contributed by atoms with Gasteiger partial charge in [-0.1, -0.05) is 225 Å². The largest absolute Gasteiger partial charge is 0.448 e. The molecule has 0 aromatic carbocycles. The molecule has 0 radical (unpaired) electrons. The van der Waals surface area contributed by atoms with Gasteiger partial charge in [0.15, 0.2) is 6.10 Å². The lowest BCUT2D eigenvalue weighted by molar-refractivity contribution is -0.454. The van der Waals surface area contributed by atoms with Gasteiger partial charge in [0.25, 0.3) is 0 Å². The Hall–Kier alpha value is -2.32. The van der Waals surface area contributed by atoms with Gasteiger partial charge in [-0.15, -0.1) is 0 Å². The summed E-state index contributed by atoms with van der Waals surface area (Å²) >= 11 is 0. The van der Waals surface area contributed by atoms with Crippen molar-refractivity contribution >= 4 is 0 Å². The van der Waals surface area contributed by atoms with Gasteiger partial charge in [0.2, 0.25) is 6.10 Å². The van der Waals surface area contributed by atoms with Gasteiger partial charge in [-0.25, -0.2) is 4.39 Å². The molecule has 0 N–H and O–H groups in total. The quantitative estimate of drug-likeness (QED) is 0.214. The number of hydrogen-bond donors (Lipinski definition) is 0. The van der Waals surface area contributed by atoms with E-state index in [4.69, 9.17) is 0 Å². The van der Waals surface area contributed by atoms with Crippen molar-refractivity contribution in [3.8, 4) is 0 Å². The second-order valence-corrected chi connectivity index (χ2v) is 13.8. The van der Waals surface area contributed by atoms with E-state index in [1.54, 1.807) is 0 Å². The van der Waals surface area contributed by atoms with E-state index < -0.39 is 118 Å². The normalized spacial score (nSPS) is 12.0. The molecule has 0 heterocycles. The van der Waals surface area contributed by atoms with Gasteiger partial charge in [0.1, 0.15) is 0 Å². The first-order chi connectivity index (χ1) is 40.0. The van der Waals surface area contributed by atoms with Gasteiger partial charge in [-0.3, -0.25) is 13.2 Å². The van der Waals surface area contributed by atoms with Gasteiger partial charge in [-0.05, 0) is 0 Å². The Morgan fingerprint density at radius 2 is 0.472 bits per heavy atom. The van der Waals surface area contributed by atoms with Crippen molar-refractivity contribution in [2.45, 2.75) is 338 Å². The summed E-state index contributed by atoms with van der Waals surface area (Å²) in [4.78, 5) is 0.